The van der Waals surface area contributed by atoms with Gasteiger partial charge in [-0.15, -0.1) is 0 Å². The van der Waals surface area contributed by atoms with E-state index in [0.29, 0.717) is 0 Å². The molecule has 2 heteroatoms. The van der Waals surface area contributed by atoms with Gasteiger partial charge in [-0.3, -0.25) is 4.99 Å². The largest absolute Gasteiger partial charge is 0.460 e. The van der Waals surface area contributed by atoms with Crippen molar-refractivity contribution in [3.63, 3.8) is 0 Å². The molecule has 0 amide bonds. The molecule has 17 heavy (non-hydrogen) atoms. The van der Waals surface area contributed by atoms with E-state index in [4.69, 9.17) is 4.42 Å². The van der Waals surface area contributed by atoms with E-state index in [1.54, 1.807) is 0 Å². The zero-order chi connectivity index (χ0) is 12.1. The molecule has 2 nitrogen and oxygen atoms in total. The summed E-state index contributed by atoms with van der Waals surface area (Å²) < 4.78 is 5.46. The Morgan fingerprint density at radius 2 is 1.94 bits per heavy atom. The van der Waals surface area contributed by atoms with Gasteiger partial charge in [0.1, 0.15) is 11.5 Å². The summed E-state index contributed by atoms with van der Waals surface area (Å²) in [7, 11) is 0. The normalized spacial score (nSPS) is 13.1. The van der Waals surface area contributed by atoms with Crippen LogP contribution in [-0.4, -0.2) is 6.21 Å². The third-order valence-corrected chi connectivity index (χ3v) is 2.71. The van der Waals surface area contributed by atoms with Crippen LogP contribution in [0.25, 0.3) is 0 Å². The van der Waals surface area contributed by atoms with Crippen LogP contribution in [-0.2, 0) is 0 Å². The average Bonchev–Trinajstić information content (AvgIpc) is 2.77. The lowest BCUT2D eigenvalue weighted by molar-refractivity contribution is 0.527. The third-order valence-electron chi connectivity index (χ3n) is 2.71. The van der Waals surface area contributed by atoms with Gasteiger partial charge in [-0.25, -0.2) is 0 Å². The monoisotopic (exact) mass is 227 g/mol. The van der Waals surface area contributed by atoms with Gasteiger partial charge < -0.3 is 4.42 Å². The topological polar surface area (TPSA) is 25.5 Å². The minimum atomic E-state index is 0.210. The molecule has 0 spiro atoms. The van der Waals surface area contributed by atoms with E-state index in [9.17, 15) is 0 Å². The standard InChI is InChI=1S/C15H17NO/c1-3-15(13-7-5-4-6-8-13)16-11-14-10-9-12(2)17-14/h4-11,15H,3H2,1-2H3/b16-11+/t15-/m0/s1. The molecule has 0 unspecified atom stereocenters. The lowest BCUT2D eigenvalue weighted by atomic mass is 10.1. The van der Waals surface area contributed by atoms with Crippen molar-refractivity contribution >= 4 is 6.21 Å². The van der Waals surface area contributed by atoms with Crippen molar-refractivity contribution in [3.05, 3.63) is 59.5 Å². The van der Waals surface area contributed by atoms with E-state index in [0.717, 1.165) is 17.9 Å². The molecule has 0 radical (unpaired) electrons. The Morgan fingerprint density at radius 3 is 2.53 bits per heavy atom. The molecule has 0 aliphatic rings. The highest BCUT2D eigenvalue weighted by molar-refractivity contribution is 5.76. The Kier molecular flexibility index (Phi) is 3.76. The Labute approximate surface area is 102 Å². The Bertz CT molecular complexity index is 485. The van der Waals surface area contributed by atoms with Crippen molar-refractivity contribution in [2.75, 3.05) is 0 Å². The number of hydrogen-bond acceptors (Lipinski definition) is 2. The number of hydrogen-bond donors (Lipinski definition) is 0. The van der Waals surface area contributed by atoms with Crippen molar-refractivity contribution in [2.45, 2.75) is 26.3 Å². The summed E-state index contributed by atoms with van der Waals surface area (Å²) in [5.41, 5.74) is 1.24. The van der Waals surface area contributed by atoms with Gasteiger partial charge in [0.05, 0.1) is 12.3 Å². The molecule has 0 fully saturated rings. The van der Waals surface area contributed by atoms with Gasteiger partial charge in [-0.1, -0.05) is 37.3 Å². The second-order valence-electron chi connectivity index (χ2n) is 4.06. The molecule has 2 aromatic rings. The highest BCUT2D eigenvalue weighted by atomic mass is 16.3. The van der Waals surface area contributed by atoms with E-state index in [1.165, 1.54) is 5.56 Å². The molecule has 88 valence electrons. The fourth-order valence-corrected chi connectivity index (χ4v) is 1.79. The van der Waals surface area contributed by atoms with Crippen LogP contribution in [0.4, 0.5) is 0 Å². The third kappa shape index (κ3) is 3.06. The van der Waals surface area contributed by atoms with Crippen LogP contribution in [0.1, 0.15) is 36.5 Å². The van der Waals surface area contributed by atoms with Crippen molar-refractivity contribution in [1.82, 2.24) is 0 Å². The molecule has 1 aromatic carbocycles. The van der Waals surface area contributed by atoms with Crippen LogP contribution >= 0.6 is 0 Å². The fourth-order valence-electron chi connectivity index (χ4n) is 1.79. The number of aliphatic imine (C=N–C) groups is 1. The molecule has 0 bridgehead atoms. The fraction of sp³-hybridized carbons (Fsp3) is 0.267. The zero-order valence-electron chi connectivity index (χ0n) is 10.3. The first-order valence-corrected chi connectivity index (χ1v) is 5.94. The van der Waals surface area contributed by atoms with Gasteiger partial charge in [0.15, 0.2) is 0 Å². The lowest BCUT2D eigenvalue weighted by Gasteiger charge is -2.09. The SMILES string of the molecule is CC[C@H](/N=C/c1ccc(C)o1)c1ccccc1. The maximum Gasteiger partial charge on any atom is 0.144 e. The van der Waals surface area contributed by atoms with E-state index < -0.39 is 0 Å². The van der Waals surface area contributed by atoms with E-state index in [1.807, 2.05) is 43.5 Å². The van der Waals surface area contributed by atoms with E-state index in [-0.39, 0.29) is 6.04 Å². The first-order valence-electron chi connectivity index (χ1n) is 5.94. The second kappa shape index (κ2) is 5.48. The number of benzene rings is 1. The first-order chi connectivity index (χ1) is 8.29. The Balaban J connectivity index is 2.13. The molecule has 2 rings (SSSR count). The van der Waals surface area contributed by atoms with Crippen LogP contribution in [0.5, 0.6) is 0 Å². The summed E-state index contributed by atoms with van der Waals surface area (Å²) in [5.74, 6) is 1.73. The summed E-state index contributed by atoms with van der Waals surface area (Å²) in [6, 6.07) is 14.4. The van der Waals surface area contributed by atoms with Crippen LogP contribution in [0, 0.1) is 6.92 Å². The van der Waals surface area contributed by atoms with E-state index >= 15 is 0 Å². The predicted octanol–water partition coefficient (Wildman–Crippen LogP) is 4.16. The summed E-state index contributed by atoms with van der Waals surface area (Å²) in [6.45, 7) is 4.08. The molecule has 1 aromatic heterocycles. The second-order valence-corrected chi connectivity index (χ2v) is 4.06. The smallest absolute Gasteiger partial charge is 0.144 e. The number of aryl methyl sites for hydroxylation is 1. The number of rotatable bonds is 4. The maximum absolute atomic E-state index is 5.46. The average molecular weight is 227 g/mol. The maximum atomic E-state index is 5.46. The molecule has 0 aliphatic heterocycles. The highest BCUT2D eigenvalue weighted by Crippen LogP contribution is 2.20. The molecule has 1 atom stereocenters. The van der Waals surface area contributed by atoms with Gasteiger partial charge in [-0.2, -0.15) is 0 Å². The van der Waals surface area contributed by atoms with E-state index in [2.05, 4.69) is 24.0 Å². The molecule has 0 N–H and O–H groups in total. The molecule has 0 saturated carbocycles. The minimum Gasteiger partial charge on any atom is -0.460 e. The van der Waals surface area contributed by atoms with Crippen molar-refractivity contribution in [3.8, 4) is 0 Å². The number of furan rings is 1. The highest BCUT2D eigenvalue weighted by Gasteiger charge is 2.05. The molecular weight excluding hydrogens is 210 g/mol. The van der Waals surface area contributed by atoms with Crippen LogP contribution < -0.4 is 0 Å². The quantitative estimate of drug-likeness (QED) is 0.720. The Hall–Kier alpha value is -1.83. The minimum absolute atomic E-state index is 0.210. The summed E-state index contributed by atoms with van der Waals surface area (Å²) in [4.78, 5) is 4.58. The molecular formula is C15H17NO. The first kappa shape index (κ1) is 11.6. The molecule has 0 aliphatic carbocycles. The van der Waals surface area contributed by atoms with Gasteiger partial charge in [-0.05, 0) is 31.0 Å². The number of nitrogens with zero attached hydrogens (tertiary/aromatic N) is 1. The molecule has 1 heterocycles. The summed E-state index contributed by atoms with van der Waals surface area (Å²) >= 11 is 0. The van der Waals surface area contributed by atoms with Gasteiger partial charge >= 0.3 is 0 Å². The van der Waals surface area contributed by atoms with Crippen LogP contribution in [0.2, 0.25) is 0 Å². The predicted molar refractivity (Wildman–Crippen MR) is 70.5 cm³/mol. The van der Waals surface area contributed by atoms with Gasteiger partial charge in [0.2, 0.25) is 0 Å². The van der Waals surface area contributed by atoms with Crippen molar-refractivity contribution < 1.29 is 4.42 Å². The van der Waals surface area contributed by atoms with Crippen molar-refractivity contribution in [1.29, 1.82) is 0 Å². The molecule has 0 saturated heterocycles. The van der Waals surface area contributed by atoms with Crippen LogP contribution in [0.15, 0.2) is 51.9 Å². The zero-order valence-corrected chi connectivity index (χ0v) is 10.3. The van der Waals surface area contributed by atoms with Gasteiger partial charge in [0.25, 0.3) is 0 Å². The van der Waals surface area contributed by atoms with Crippen molar-refractivity contribution in [2.24, 2.45) is 4.99 Å². The van der Waals surface area contributed by atoms with Gasteiger partial charge in [0, 0.05) is 0 Å². The lowest BCUT2D eigenvalue weighted by Crippen LogP contribution is -1.94. The van der Waals surface area contributed by atoms with Crippen LogP contribution in [0.3, 0.4) is 0 Å². The summed E-state index contributed by atoms with van der Waals surface area (Å²) in [5, 5.41) is 0. The summed E-state index contributed by atoms with van der Waals surface area (Å²) in [6.07, 6.45) is 2.80. The Morgan fingerprint density at radius 1 is 1.18 bits per heavy atom.